The average Bonchev–Trinajstić information content (AvgIpc) is 3.06. The Morgan fingerprint density at radius 2 is 1.91 bits per heavy atom. The molecule has 23 heavy (non-hydrogen) atoms. The molecular weight excluding hydrogens is 314 g/mol. The van der Waals surface area contributed by atoms with Gasteiger partial charge in [-0.25, -0.2) is 0 Å². The minimum Gasteiger partial charge on any atom is -0.354 e. The molecule has 0 aliphatic carbocycles. The summed E-state index contributed by atoms with van der Waals surface area (Å²) < 4.78 is 1.98. The fourth-order valence-corrected chi connectivity index (χ4v) is 2.95. The summed E-state index contributed by atoms with van der Waals surface area (Å²) in [5, 5.41) is 8.67. The van der Waals surface area contributed by atoms with E-state index in [1.807, 2.05) is 22.7 Å². The second-order valence-corrected chi connectivity index (χ2v) is 5.99. The first kappa shape index (κ1) is 14.3. The Morgan fingerprint density at radius 1 is 1.04 bits per heavy atom. The maximum atomic E-state index is 5.88. The van der Waals surface area contributed by atoms with Gasteiger partial charge >= 0.3 is 0 Å². The summed E-state index contributed by atoms with van der Waals surface area (Å²) in [4.78, 5) is 13.3. The number of pyridine rings is 1. The van der Waals surface area contributed by atoms with Crippen LogP contribution in [0.2, 0.25) is 5.02 Å². The average molecular weight is 330 g/mol. The molecule has 0 saturated carbocycles. The highest BCUT2D eigenvalue weighted by Gasteiger charge is 2.19. The summed E-state index contributed by atoms with van der Waals surface area (Å²) in [5.41, 5.74) is 1.82. The van der Waals surface area contributed by atoms with Crippen LogP contribution in [0.3, 0.4) is 0 Å². The van der Waals surface area contributed by atoms with E-state index in [-0.39, 0.29) is 0 Å². The van der Waals surface area contributed by atoms with E-state index in [0.29, 0.717) is 5.02 Å². The van der Waals surface area contributed by atoms with E-state index in [4.69, 9.17) is 11.6 Å². The van der Waals surface area contributed by atoms with Gasteiger partial charge in [-0.1, -0.05) is 11.6 Å². The highest BCUT2D eigenvalue weighted by Crippen LogP contribution is 2.17. The van der Waals surface area contributed by atoms with E-state index in [1.165, 1.54) is 0 Å². The van der Waals surface area contributed by atoms with E-state index in [1.54, 1.807) is 18.7 Å². The number of anilines is 1. The number of piperazine rings is 1. The Bertz CT molecular complexity index is 793. The number of rotatable bonds is 3. The Kier molecular flexibility index (Phi) is 3.80. The molecule has 0 spiro atoms. The summed E-state index contributed by atoms with van der Waals surface area (Å²) >= 11 is 5.88. The molecular formula is C15H16ClN7. The predicted octanol–water partition coefficient (Wildman–Crippen LogP) is 1.49. The molecule has 0 bridgehead atoms. The molecule has 1 fully saturated rings. The predicted molar refractivity (Wildman–Crippen MR) is 87.5 cm³/mol. The second-order valence-electron chi connectivity index (χ2n) is 5.56. The van der Waals surface area contributed by atoms with Gasteiger partial charge in [0.25, 0.3) is 0 Å². The quantitative estimate of drug-likeness (QED) is 0.725. The van der Waals surface area contributed by atoms with Gasteiger partial charge in [-0.3, -0.25) is 19.3 Å². The van der Waals surface area contributed by atoms with Gasteiger partial charge in [0.1, 0.15) is 12.1 Å². The van der Waals surface area contributed by atoms with E-state index in [0.717, 1.165) is 49.9 Å². The van der Waals surface area contributed by atoms with Crippen molar-refractivity contribution < 1.29 is 0 Å². The molecule has 0 unspecified atom stereocenters. The Morgan fingerprint density at radius 3 is 2.70 bits per heavy atom. The van der Waals surface area contributed by atoms with Gasteiger partial charge in [-0.2, -0.15) is 0 Å². The van der Waals surface area contributed by atoms with Crippen LogP contribution in [0.1, 0.15) is 5.69 Å². The molecule has 4 rings (SSSR count). The van der Waals surface area contributed by atoms with Gasteiger partial charge in [0.05, 0.1) is 23.1 Å². The highest BCUT2D eigenvalue weighted by molar-refractivity contribution is 6.30. The number of hydrogen-bond acceptors (Lipinski definition) is 6. The largest absolute Gasteiger partial charge is 0.354 e. The van der Waals surface area contributed by atoms with Crippen LogP contribution in [0.15, 0.2) is 37.1 Å². The van der Waals surface area contributed by atoms with Crippen molar-refractivity contribution >= 4 is 23.1 Å². The van der Waals surface area contributed by atoms with Crippen LogP contribution in [-0.4, -0.2) is 55.6 Å². The van der Waals surface area contributed by atoms with Crippen molar-refractivity contribution in [2.75, 3.05) is 31.1 Å². The van der Waals surface area contributed by atoms with Gasteiger partial charge in [0.2, 0.25) is 0 Å². The zero-order valence-electron chi connectivity index (χ0n) is 12.5. The monoisotopic (exact) mass is 329 g/mol. The maximum Gasteiger partial charge on any atom is 0.180 e. The first-order valence-corrected chi connectivity index (χ1v) is 7.89. The topological polar surface area (TPSA) is 62.5 Å². The van der Waals surface area contributed by atoms with Gasteiger partial charge < -0.3 is 4.90 Å². The molecule has 0 N–H and O–H groups in total. The highest BCUT2D eigenvalue weighted by atomic mass is 35.5. The van der Waals surface area contributed by atoms with Crippen LogP contribution < -0.4 is 4.90 Å². The fourth-order valence-electron chi connectivity index (χ4n) is 2.84. The second kappa shape index (κ2) is 6.10. The fraction of sp³-hybridized carbons (Fsp3) is 0.333. The third kappa shape index (κ3) is 2.97. The molecule has 7 nitrogen and oxygen atoms in total. The van der Waals surface area contributed by atoms with Gasteiger partial charge in [-0.05, 0) is 12.1 Å². The molecule has 0 aromatic carbocycles. The van der Waals surface area contributed by atoms with Crippen molar-refractivity contribution in [2.24, 2.45) is 0 Å². The van der Waals surface area contributed by atoms with Gasteiger partial charge in [0.15, 0.2) is 5.65 Å². The first-order chi connectivity index (χ1) is 11.3. The summed E-state index contributed by atoms with van der Waals surface area (Å²) in [6.07, 6.45) is 7.02. The van der Waals surface area contributed by atoms with E-state index >= 15 is 0 Å². The zero-order chi connectivity index (χ0) is 15.6. The third-order valence-electron chi connectivity index (χ3n) is 4.07. The molecule has 1 aliphatic heterocycles. The summed E-state index contributed by atoms with van der Waals surface area (Å²) in [7, 11) is 0. The smallest absolute Gasteiger partial charge is 0.180 e. The minimum atomic E-state index is 0.674. The summed E-state index contributed by atoms with van der Waals surface area (Å²) in [6, 6.07) is 3.87. The van der Waals surface area contributed by atoms with Crippen LogP contribution in [0.25, 0.3) is 5.65 Å². The number of nitrogens with zero attached hydrogens (tertiary/aromatic N) is 7. The van der Waals surface area contributed by atoms with Crippen molar-refractivity contribution in [1.29, 1.82) is 0 Å². The Labute approximate surface area is 138 Å². The molecule has 8 heteroatoms. The molecule has 1 saturated heterocycles. The molecule has 3 aromatic heterocycles. The lowest BCUT2D eigenvalue weighted by Gasteiger charge is -2.35. The normalized spacial score (nSPS) is 16.1. The molecule has 0 atom stereocenters. The standard InChI is InChI=1S/C15H16ClN7/c16-12-1-2-13(18-7-12)10-21-3-5-22(6-4-21)15-9-17-8-14-20-19-11-23(14)15/h1-2,7-9,11H,3-6,10H2. The molecule has 0 radical (unpaired) electrons. The Balaban J connectivity index is 1.43. The molecule has 118 valence electrons. The van der Waals surface area contributed by atoms with Crippen molar-refractivity contribution in [2.45, 2.75) is 6.54 Å². The van der Waals surface area contributed by atoms with E-state index in [9.17, 15) is 0 Å². The van der Waals surface area contributed by atoms with Crippen molar-refractivity contribution in [3.8, 4) is 0 Å². The summed E-state index contributed by atoms with van der Waals surface area (Å²) in [5.74, 6) is 1.04. The van der Waals surface area contributed by atoms with Crippen molar-refractivity contribution in [3.05, 3.63) is 47.8 Å². The number of fused-ring (bicyclic) bond motifs is 1. The van der Waals surface area contributed by atoms with Gasteiger partial charge in [-0.15, -0.1) is 10.2 Å². The lowest BCUT2D eigenvalue weighted by atomic mass is 10.2. The Hall–Kier alpha value is -2.25. The van der Waals surface area contributed by atoms with Gasteiger partial charge in [0, 0.05) is 38.9 Å². The molecule has 4 heterocycles. The molecule has 1 aliphatic rings. The number of hydrogen-bond donors (Lipinski definition) is 0. The zero-order valence-corrected chi connectivity index (χ0v) is 13.3. The number of aromatic nitrogens is 5. The van der Waals surface area contributed by atoms with Crippen LogP contribution in [0.4, 0.5) is 5.82 Å². The van der Waals surface area contributed by atoms with E-state index < -0.39 is 0 Å². The lowest BCUT2D eigenvalue weighted by Crippen LogP contribution is -2.46. The van der Waals surface area contributed by atoms with E-state index in [2.05, 4.69) is 30.0 Å². The maximum absolute atomic E-state index is 5.88. The van der Waals surface area contributed by atoms with Crippen LogP contribution in [-0.2, 0) is 6.54 Å². The van der Waals surface area contributed by atoms with Crippen LogP contribution >= 0.6 is 11.6 Å². The van der Waals surface area contributed by atoms with Crippen molar-refractivity contribution in [3.63, 3.8) is 0 Å². The summed E-state index contributed by atoms with van der Waals surface area (Å²) in [6.45, 7) is 4.67. The van der Waals surface area contributed by atoms with Crippen LogP contribution in [0, 0.1) is 0 Å². The minimum absolute atomic E-state index is 0.674. The molecule has 3 aromatic rings. The lowest BCUT2D eigenvalue weighted by molar-refractivity contribution is 0.246. The van der Waals surface area contributed by atoms with Crippen molar-refractivity contribution in [1.82, 2.24) is 29.5 Å². The molecule has 0 amide bonds. The third-order valence-corrected chi connectivity index (χ3v) is 4.30. The SMILES string of the molecule is Clc1ccc(CN2CCN(c3cncc4nncn34)CC2)nc1. The first-order valence-electron chi connectivity index (χ1n) is 7.51. The van der Waals surface area contributed by atoms with Crippen LogP contribution in [0.5, 0.6) is 0 Å². The number of halogens is 1.